The zero-order chi connectivity index (χ0) is 26.2. The number of benzene rings is 6. The van der Waals surface area contributed by atoms with Gasteiger partial charge in [-0.2, -0.15) is 0 Å². The van der Waals surface area contributed by atoms with Gasteiger partial charge in [-0.15, -0.1) is 11.3 Å². The second-order valence-electron chi connectivity index (χ2n) is 9.53. The van der Waals surface area contributed by atoms with Crippen molar-refractivity contribution in [3.63, 3.8) is 0 Å². The summed E-state index contributed by atoms with van der Waals surface area (Å²) in [6, 6.07) is 51.5. The van der Waals surface area contributed by atoms with Crippen LogP contribution in [0.5, 0.6) is 0 Å². The van der Waals surface area contributed by atoms with E-state index in [1.54, 1.807) is 0 Å². The van der Waals surface area contributed by atoms with Crippen LogP contribution in [0, 0.1) is 0 Å². The molecule has 1 nitrogen and oxygen atoms in total. The highest BCUT2D eigenvalue weighted by Gasteiger charge is 2.20. The molecule has 1 heterocycles. The number of anilines is 3. The van der Waals surface area contributed by atoms with E-state index in [0.717, 1.165) is 27.6 Å². The lowest BCUT2D eigenvalue weighted by atomic mass is 9.93. The number of para-hydroxylation sites is 3. The molecule has 0 atom stereocenters. The number of hydrogen-bond donors (Lipinski definition) is 0. The summed E-state index contributed by atoms with van der Waals surface area (Å²) in [6.45, 7) is 0. The minimum Gasteiger partial charge on any atom is -0.310 e. The number of halogens is 1. The summed E-state index contributed by atoms with van der Waals surface area (Å²) >= 11 is 8.09. The van der Waals surface area contributed by atoms with E-state index in [9.17, 15) is 0 Å². The molecule has 0 aliphatic carbocycles. The standard InChI is InChI=1S/C36H24ClNS/c37-27-21-19-25(20-22-27)26-23-32(36-31-16-8-10-18-34(31)39-35(36)24-26)30-15-7-9-17-33(30)38(28-11-3-1-4-12-28)29-13-5-2-6-14-29/h1-24H. The van der Waals surface area contributed by atoms with Crippen molar-refractivity contribution < 1.29 is 0 Å². The van der Waals surface area contributed by atoms with Gasteiger partial charge in [0.1, 0.15) is 0 Å². The van der Waals surface area contributed by atoms with Crippen molar-refractivity contribution in [3.8, 4) is 22.3 Å². The van der Waals surface area contributed by atoms with Gasteiger partial charge in [0.25, 0.3) is 0 Å². The van der Waals surface area contributed by atoms with E-state index in [1.807, 2.05) is 23.5 Å². The molecule has 0 saturated carbocycles. The molecule has 0 unspecified atom stereocenters. The SMILES string of the molecule is Clc1ccc(-c2cc(-c3ccccc3N(c3ccccc3)c3ccccc3)c3c(c2)sc2ccccc23)cc1. The van der Waals surface area contributed by atoms with E-state index in [4.69, 9.17) is 11.6 Å². The van der Waals surface area contributed by atoms with Crippen LogP contribution in [-0.4, -0.2) is 0 Å². The van der Waals surface area contributed by atoms with Gasteiger partial charge in [0, 0.05) is 42.1 Å². The molecule has 1 aromatic heterocycles. The summed E-state index contributed by atoms with van der Waals surface area (Å²) in [5.74, 6) is 0. The largest absolute Gasteiger partial charge is 0.310 e. The molecule has 7 aromatic rings. The molecule has 6 aromatic carbocycles. The number of fused-ring (bicyclic) bond motifs is 3. The van der Waals surface area contributed by atoms with E-state index < -0.39 is 0 Å². The van der Waals surface area contributed by atoms with Crippen LogP contribution >= 0.6 is 22.9 Å². The van der Waals surface area contributed by atoms with E-state index >= 15 is 0 Å². The fraction of sp³-hybridized carbons (Fsp3) is 0. The summed E-state index contributed by atoms with van der Waals surface area (Å²) in [6.07, 6.45) is 0. The lowest BCUT2D eigenvalue weighted by molar-refractivity contribution is 1.28. The van der Waals surface area contributed by atoms with Gasteiger partial charge in [-0.3, -0.25) is 0 Å². The van der Waals surface area contributed by atoms with Crippen LogP contribution in [0.15, 0.2) is 146 Å². The maximum atomic E-state index is 6.24. The van der Waals surface area contributed by atoms with Crippen molar-refractivity contribution in [2.75, 3.05) is 4.90 Å². The highest BCUT2D eigenvalue weighted by molar-refractivity contribution is 7.26. The first kappa shape index (κ1) is 23.7. The third kappa shape index (κ3) is 4.38. The monoisotopic (exact) mass is 537 g/mol. The first-order valence-electron chi connectivity index (χ1n) is 13.0. The number of rotatable bonds is 5. The highest BCUT2D eigenvalue weighted by atomic mass is 35.5. The van der Waals surface area contributed by atoms with Gasteiger partial charge >= 0.3 is 0 Å². The molecular formula is C36H24ClNS. The summed E-state index contributed by atoms with van der Waals surface area (Å²) in [5.41, 5.74) is 8.13. The van der Waals surface area contributed by atoms with Crippen LogP contribution in [0.2, 0.25) is 5.02 Å². The van der Waals surface area contributed by atoms with Crippen molar-refractivity contribution in [1.29, 1.82) is 0 Å². The number of nitrogens with zero attached hydrogens (tertiary/aromatic N) is 1. The van der Waals surface area contributed by atoms with Crippen LogP contribution in [0.1, 0.15) is 0 Å². The van der Waals surface area contributed by atoms with Gasteiger partial charge in [0.15, 0.2) is 0 Å². The van der Waals surface area contributed by atoms with Gasteiger partial charge < -0.3 is 4.90 Å². The fourth-order valence-corrected chi connectivity index (χ4v) is 6.65. The lowest BCUT2D eigenvalue weighted by Gasteiger charge is -2.28. The van der Waals surface area contributed by atoms with Gasteiger partial charge in [0.05, 0.1) is 5.69 Å². The zero-order valence-electron chi connectivity index (χ0n) is 21.1. The zero-order valence-corrected chi connectivity index (χ0v) is 22.7. The molecule has 7 rings (SSSR count). The van der Waals surface area contributed by atoms with E-state index in [2.05, 4.69) is 138 Å². The highest BCUT2D eigenvalue weighted by Crippen LogP contribution is 2.47. The maximum absolute atomic E-state index is 6.24. The molecule has 3 heteroatoms. The smallest absolute Gasteiger partial charge is 0.0540 e. The summed E-state index contributed by atoms with van der Waals surface area (Å²) in [5, 5.41) is 3.33. The first-order valence-corrected chi connectivity index (χ1v) is 14.2. The third-order valence-electron chi connectivity index (χ3n) is 7.12. The normalized spacial score (nSPS) is 11.2. The molecule has 0 saturated heterocycles. The van der Waals surface area contributed by atoms with Crippen molar-refractivity contribution in [1.82, 2.24) is 0 Å². The molecule has 0 amide bonds. The van der Waals surface area contributed by atoms with Crippen molar-refractivity contribution in [3.05, 3.63) is 151 Å². The molecule has 0 aliphatic rings. The van der Waals surface area contributed by atoms with E-state index in [0.29, 0.717) is 0 Å². The second kappa shape index (κ2) is 10.1. The Morgan fingerprint density at radius 2 is 1.10 bits per heavy atom. The van der Waals surface area contributed by atoms with Gasteiger partial charge in [-0.25, -0.2) is 0 Å². The third-order valence-corrected chi connectivity index (χ3v) is 8.49. The Kier molecular flexibility index (Phi) is 6.13. The Labute approximate surface area is 237 Å². The van der Waals surface area contributed by atoms with E-state index in [-0.39, 0.29) is 0 Å². The topological polar surface area (TPSA) is 3.24 Å². The van der Waals surface area contributed by atoms with Crippen LogP contribution in [0.25, 0.3) is 42.4 Å². The Bertz CT molecular complexity index is 1870. The molecule has 0 aliphatic heterocycles. The molecule has 0 N–H and O–H groups in total. The van der Waals surface area contributed by atoms with Crippen LogP contribution < -0.4 is 4.90 Å². The average Bonchev–Trinajstić information content (AvgIpc) is 3.37. The fourth-order valence-electron chi connectivity index (χ4n) is 5.35. The number of thiophene rings is 1. The van der Waals surface area contributed by atoms with Crippen molar-refractivity contribution in [2.45, 2.75) is 0 Å². The predicted octanol–water partition coefficient (Wildman–Crippen LogP) is 11.5. The quantitative estimate of drug-likeness (QED) is 0.211. The van der Waals surface area contributed by atoms with Gasteiger partial charge in [0.2, 0.25) is 0 Å². The Hall–Kier alpha value is -4.37. The second-order valence-corrected chi connectivity index (χ2v) is 11.0. The van der Waals surface area contributed by atoms with E-state index in [1.165, 1.54) is 36.9 Å². The molecule has 39 heavy (non-hydrogen) atoms. The van der Waals surface area contributed by atoms with Crippen molar-refractivity contribution in [2.24, 2.45) is 0 Å². The Morgan fingerprint density at radius 3 is 1.82 bits per heavy atom. The van der Waals surface area contributed by atoms with Crippen LogP contribution in [-0.2, 0) is 0 Å². The molecular weight excluding hydrogens is 514 g/mol. The lowest BCUT2D eigenvalue weighted by Crippen LogP contribution is -2.11. The Balaban J connectivity index is 1.54. The summed E-state index contributed by atoms with van der Waals surface area (Å²) < 4.78 is 2.57. The maximum Gasteiger partial charge on any atom is 0.0540 e. The first-order chi connectivity index (χ1) is 19.3. The van der Waals surface area contributed by atoms with Crippen LogP contribution in [0.3, 0.4) is 0 Å². The molecule has 0 fully saturated rings. The van der Waals surface area contributed by atoms with Crippen LogP contribution in [0.4, 0.5) is 17.1 Å². The van der Waals surface area contributed by atoms with Gasteiger partial charge in [-0.1, -0.05) is 96.5 Å². The molecule has 186 valence electrons. The minimum atomic E-state index is 0.744. The summed E-state index contributed by atoms with van der Waals surface area (Å²) in [4.78, 5) is 2.35. The Morgan fingerprint density at radius 1 is 0.487 bits per heavy atom. The summed E-state index contributed by atoms with van der Waals surface area (Å²) in [7, 11) is 0. The molecule has 0 radical (unpaired) electrons. The minimum absolute atomic E-state index is 0.744. The number of hydrogen-bond acceptors (Lipinski definition) is 2. The van der Waals surface area contributed by atoms with Gasteiger partial charge in [-0.05, 0) is 77.4 Å². The predicted molar refractivity (Wildman–Crippen MR) is 170 cm³/mol. The van der Waals surface area contributed by atoms with Crippen molar-refractivity contribution >= 4 is 60.2 Å². The molecule has 0 bridgehead atoms. The molecule has 0 spiro atoms. The average molecular weight is 538 g/mol.